The van der Waals surface area contributed by atoms with Crippen LogP contribution in [-0.2, 0) is 6.61 Å². The van der Waals surface area contributed by atoms with Gasteiger partial charge in [0, 0.05) is 17.6 Å². The van der Waals surface area contributed by atoms with Crippen LogP contribution in [0.15, 0.2) is 54.7 Å². The first kappa shape index (κ1) is 13.2. The molecule has 4 heteroatoms. The molecule has 21 heavy (non-hydrogen) atoms. The highest BCUT2D eigenvalue weighted by molar-refractivity contribution is 5.78. The Labute approximate surface area is 123 Å². The Morgan fingerprint density at radius 2 is 2.00 bits per heavy atom. The van der Waals surface area contributed by atoms with E-state index < -0.39 is 0 Å². The van der Waals surface area contributed by atoms with Crippen LogP contribution in [0.25, 0.3) is 10.9 Å². The molecule has 0 fully saturated rings. The number of ether oxygens (including phenoxy) is 2. The molecule has 3 aromatic rings. The number of pyridine rings is 1. The quantitative estimate of drug-likeness (QED) is 0.744. The van der Waals surface area contributed by atoms with Crippen molar-refractivity contribution < 1.29 is 9.47 Å². The number of hydrogen-bond acceptors (Lipinski definition) is 4. The molecule has 0 spiro atoms. The monoisotopic (exact) mass is 280 g/mol. The van der Waals surface area contributed by atoms with Crippen LogP contribution in [0.2, 0.25) is 0 Å². The minimum Gasteiger partial charge on any atom is -0.495 e. The number of nitrogen functional groups attached to an aromatic ring is 1. The molecule has 2 aromatic carbocycles. The van der Waals surface area contributed by atoms with Crippen molar-refractivity contribution in [3.8, 4) is 11.5 Å². The Morgan fingerprint density at radius 1 is 1.10 bits per heavy atom. The first-order valence-electron chi connectivity index (χ1n) is 6.66. The fraction of sp³-hybridized carbons (Fsp3) is 0.118. The molecule has 0 aliphatic heterocycles. The van der Waals surface area contributed by atoms with E-state index in [0.29, 0.717) is 18.0 Å². The summed E-state index contributed by atoms with van der Waals surface area (Å²) in [7, 11) is 1.59. The molecule has 1 aromatic heterocycles. The van der Waals surface area contributed by atoms with Gasteiger partial charge in [-0.25, -0.2) is 0 Å². The number of nitrogens with two attached hydrogens (primary N) is 1. The van der Waals surface area contributed by atoms with Crippen LogP contribution in [0.3, 0.4) is 0 Å². The Bertz CT molecular complexity index is 772. The van der Waals surface area contributed by atoms with Crippen LogP contribution in [0.1, 0.15) is 5.56 Å². The van der Waals surface area contributed by atoms with Crippen molar-refractivity contribution >= 4 is 16.6 Å². The van der Waals surface area contributed by atoms with Gasteiger partial charge in [0.2, 0.25) is 0 Å². The lowest BCUT2D eigenvalue weighted by Gasteiger charge is -2.09. The Morgan fingerprint density at radius 3 is 2.81 bits per heavy atom. The Hall–Kier alpha value is -2.75. The lowest BCUT2D eigenvalue weighted by molar-refractivity contribution is 0.306. The third kappa shape index (κ3) is 2.89. The van der Waals surface area contributed by atoms with Crippen LogP contribution in [0, 0.1) is 0 Å². The van der Waals surface area contributed by atoms with Crippen molar-refractivity contribution in [2.75, 3.05) is 12.8 Å². The topological polar surface area (TPSA) is 57.4 Å². The van der Waals surface area contributed by atoms with E-state index in [1.54, 1.807) is 25.4 Å². The average molecular weight is 280 g/mol. The van der Waals surface area contributed by atoms with E-state index >= 15 is 0 Å². The maximum atomic E-state index is 5.86. The number of anilines is 1. The summed E-state index contributed by atoms with van der Waals surface area (Å²) in [5, 5.41) is 1.10. The summed E-state index contributed by atoms with van der Waals surface area (Å²) in [4.78, 5) is 4.30. The van der Waals surface area contributed by atoms with Gasteiger partial charge in [0.15, 0.2) is 0 Å². The molecule has 4 nitrogen and oxygen atoms in total. The highest BCUT2D eigenvalue weighted by Crippen LogP contribution is 2.26. The highest BCUT2D eigenvalue weighted by atomic mass is 16.5. The summed E-state index contributed by atoms with van der Waals surface area (Å²) >= 11 is 0. The maximum absolute atomic E-state index is 5.86. The normalized spacial score (nSPS) is 10.5. The minimum absolute atomic E-state index is 0.483. The van der Waals surface area contributed by atoms with Gasteiger partial charge in [0.05, 0.1) is 18.3 Å². The molecule has 2 N–H and O–H groups in total. The van der Waals surface area contributed by atoms with E-state index in [2.05, 4.69) is 11.1 Å². The third-order valence-corrected chi connectivity index (χ3v) is 3.27. The number of methoxy groups -OCH3 is 1. The molecule has 0 aliphatic carbocycles. The third-order valence-electron chi connectivity index (χ3n) is 3.27. The maximum Gasteiger partial charge on any atom is 0.142 e. The second-order valence-corrected chi connectivity index (χ2v) is 4.72. The highest BCUT2D eigenvalue weighted by Gasteiger charge is 2.03. The zero-order valence-corrected chi connectivity index (χ0v) is 11.7. The molecule has 0 saturated heterocycles. The number of hydrogen-bond donors (Lipinski definition) is 1. The van der Waals surface area contributed by atoms with E-state index in [-0.39, 0.29) is 0 Å². The van der Waals surface area contributed by atoms with Crippen molar-refractivity contribution in [1.82, 2.24) is 4.98 Å². The van der Waals surface area contributed by atoms with Crippen molar-refractivity contribution in [3.63, 3.8) is 0 Å². The van der Waals surface area contributed by atoms with Gasteiger partial charge in [-0.15, -0.1) is 0 Å². The van der Waals surface area contributed by atoms with E-state index in [1.807, 2.05) is 30.3 Å². The predicted octanol–water partition coefficient (Wildman–Crippen LogP) is 3.40. The van der Waals surface area contributed by atoms with Crippen LogP contribution >= 0.6 is 0 Å². The molecule has 3 rings (SSSR count). The molecule has 0 saturated carbocycles. The number of benzene rings is 2. The van der Waals surface area contributed by atoms with Crippen molar-refractivity contribution in [3.05, 3.63) is 60.3 Å². The van der Waals surface area contributed by atoms with Crippen LogP contribution in [0.4, 0.5) is 5.69 Å². The number of rotatable bonds is 4. The summed E-state index contributed by atoms with van der Waals surface area (Å²) in [6.07, 6.45) is 1.79. The van der Waals surface area contributed by atoms with Gasteiger partial charge in [-0.2, -0.15) is 0 Å². The summed E-state index contributed by atoms with van der Waals surface area (Å²) in [6, 6.07) is 15.5. The number of aromatic nitrogens is 1. The molecule has 1 heterocycles. The summed E-state index contributed by atoms with van der Waals surface area (Å²) in [5.74, 6) is 1.37. The first-order valence-corrected chi connectivity index (χ1v) is 6.66. The Balaban J connectivity index is 1.75. The largest absolute Gasteiger partial charge is 0.495 e. The number of nitrogens with zero attached hydrogens (tertiary/aromatic N) is 1. The molecular weight excluding hydrogens is 264 g/mol. The smallest absolute Gasteiger partial charge is 0.142 e. The van der Waals surface area contributed by atoms with Gasteiger partial charge in [0.1, 0.15) is 18.1 Å². The summed E-state index contributed by atoms with van der Waals surface area (Å²) < 4.78 is 10.9. The van der Waals surface area contributed by atoms with E-state index in [1.165, 1.54) is 0 Å². The zero-order chi connectivity index (χ0) is 14.7. The standard InChI is InChI=1S/C17H16N2O2/c1-20-17-7-5-14(10-15(17)18)21-11-12-4-6-16-13(9-12)3-2-8-19-16/h2-10H,11,18H2,1H3. The van der Waals surface area contributed by atoms with E-state index in [4.69, 9.17) is 15.2 Å². The second kappa shape index (κ2) is 5.71. The van der Waals surface area contributed by atoms with Crippen molar-refractivity contribution in [1.29, 1.82) is 0 Å². The van der Waals surface area contributed by atoms with Crippen molar-refractivity contribution in [2.24, 2.45) is 0 Å². The Kier molecular flexibility index (Phi) is 3.60. The summed E-state index contributed by atoms with van der Waals surface area (Å²) in [6.45, 7) is 0.483. The second-order valence-electron chi connectivity index (χ2n) is 4.72. The molecule has 0 aliphatic rings. The molecule has 0 unspecified atom stereocenters. The lowest BCUT2D eigenvalue weighted by Crippen LogP contribution is -1.98. The number of fused-ring (bicyclic) bond motifs is 1. The van der Waals surface area contributed by atoms with E-state index in [0.717, 1.165) is 22.2 Å². The van der Waals surface area contributed by atoms with Gasteiger partial charge in [-0.05, 0) is 35.9 Å². The van der Waals surface area contributed by atoms with Gasteiger partial charge in [-0.3, -0.25) is 4.98 Å². The molecular formula is C17H16N2O2. The predicted molar refractivity (Wildman–Crippen MR) is 83.5 cm³/mol. The van der Waals surface area contributed by atoms with Crippen molar-refractivity contribution in [2.45, 2.75) is 6.61 Å². The first-order chi connectivity index (χ1) is 10.3. The molecule has 0 bridgehead atoms. The molecule has 0 amide bonds. The van der Waals surface area contributed by atoms with Crippen LogP contribution < -0.4 is 15.2 Å². The minimum atomic E-state index is 0.483. The fourth-order valence-corrected chi connectivity index (χ4v) is 2.18. The van der Waals surface area contributed by atoms with Gasteiger partial charge in [0.25, 0.3) is 0 Å². The molecule has 106 valence electrons. The van der Waals surface area contributed by atoms with Gasteiger partial charge >= 0.3 is 0 Å². The zero-order valence-electron chi connectivity index (χ0n) is 11.7. The fourth-order valence-electron chi connectivity index (χ4n) is 2.18. The van der Waals surface area contributed by atoms with Crippen LogP contribution in [-0.4, -0.2) is 12.1 Å². The SMILES string of the molecule is COc1ccc(OCc2ccc3ncccc3c2)cc1N. The van der Waals surface area contributed by atoms with Crippen LogP contribution in [0.5, 0.6) is 11.5 Å². The molecule has 0 radical (unpaired) electrons. The lowest BCUT2D eigenvalue weighted by atomic mass is 10.1. The average Bonchev–Trinajstić information content (AvgIpc) is 2.53. The van der Waals surface area contributed by atoms with Gasteiger partial charge in [-0.1, -0.05) is 12.1 Å². The molecule has 0 atom stereocenters. The van der Waals surface area contributed by atoms with E-state index in [9.17, 15) is 0 Å². The van der Waals surface area contributed by atoms with Gasteiger partial charge < -0.3 is 15.2 Å². The summed E-state index contributed by atoms with van der Waals surface area (Å²) in [5.41, 5.74) is 8.50.